The molecule has 0 aliphatic carbocycles. The van der Waals surface area contributed by atoms with Crippen LogP contribution in [0.3, 0.4) is 0 Å². The van der Waals surface area contributed by atoms with Gasteiger partial charge in [-0.3, -0.25) is 0 Å². The molecule has 1 aromatic heterocycles. The summed E-state index contributed by atoms with van der Waals surface area (Å²) in [5.74, 6) is 0. The van der Waals surface area contributed by atoms with Crippen molar-refractivity contribution in [3.05, 3.63) is 34.9 Å². The Kier molecular flexibility index (Phi) is 3.39. The molecule has 0 aromatic carbocycles. The maximum Gasteiger partial charge on any atom is 0.335 e. The maximum atomic E-state index is 10.1. The predicted molar refractivity (Wildman–Crippen MR) is 30.7 cm³/mol. The van der Waals surface area contributed by atoms with E-state index in [9.17, 15) is 4.79 Å². The Labute approximate surface area is 59.6 Å². The third kappa shape index (κ3) is 2.04. The summed E-state index contributed by atoms with van der Waals surface area (Å²) in [7, 11) is 0. The van der Waals surface area contributed by atoms with E-state index in [1.807, 2.05) is 0 Å². The van der Waals surface area contributed by atoms with Gasteiger partial charge in [-0.05, 0) is 6.07 Å². The van der Waals surface area contributed by atoms with Gasteiger partial charge >= 0.3 is 5.63 Å². The minimum absolute atomic E-state index is 0. The van der Waals surface area contributed by atoms with Gasteiger partial charge in [0.25, 0.3) is 0 Å². The number of rotatable bonds is 0. The van der Waals surface area contributed by atoms with Crippen LogP contribution in [0.15, 0.2) is 33.7 Å². The van der Waals surface area contributed by atoms with Gasteiger partial charge in [-0.15, -0.1) is 0 Å². The molecule has 1 aromatic rings. The molecule has 1 rings (SSSR count). The minimum Gasteiger partial charge on any atom is -0.431 e. The first-order valence-electron chi connectivity index (χ1n) is 1.93. The van der Waals surface area contributed by atoms with Gasteiger partial charge in [0.05, 0.1) is 6.26 Å². The Bertz CT molecular complexity index is 176. The molecule has 0 saturated heterocycles. The molecule has 0 amide bonds. The van der Waals surface area contributed by atoms with Gasteiger partial charge in [-0.2, -0.15) is 0 Å². The molecule has 0 aliphatic heterocycles. The molecule has 39 valence electrons. The predicted octanol–water partition coefficient (Wildman–Crippen LogP) is 0.259. The van der Waals surface area contributed by atoms with Crippen LogP contribution in [0.1, 0.15) is 0 Å². The first kappa shape index (κ1) is 7.59. The van der Waals surface area contributed by atoms with E-state index in [-0.39, 0.29) is 25.4 Å². The summed E-state index contributed by atoms with van der Waals surface area (Å²) in [6.07, 6.45) is 1.35. The van der Waals surface area contributed by atoms with Gasteiger partial charge in [0.15, 0.2) is 0 Å². The van der Waals surface area contributed by atoms with Crippen molar-refractivity contribution in [2.45, 2.75) is 0 Å². The van der Waals surface area contributed by atoms with E-state index >= 15 is 0 Å². The van der Waals surface area contributed by atoms with Crippen molar-refractivity contribution in [1.29, 1.82) is 0 Å². The summed E-state index contributed by atoms with van der Waals surface area (Å²) in [6.45, 7) is 0. The quantitative estimate of drug-likeness (QED) is 0.517. The smallest absolute Gasteiger partial charge is 0.335 e. The molecule has 2 nitrogen and oxygen atoms in total. The minimum atomic E-state index is -0.303. The normalized spacial score (nSPS) is 7.50. The zero-order valence-electron chi connectivity index (χ0n) is 4.20. The largest absolute Gasteiger partial charge is 0.431 e. The molecule has 3 radical (unpaired) electrons. The monoisotopic (exact) mass is 165 g/mol. The summed E-state index contributed by atoms with van der Waals surface area (Å²) < 4.78 is 4.37. The SMILES string of the molecule is O=c1cccco1.[Ga]. The van der Waals surface area contributed by atoms with Crippen molar-refractivity contribution in [3.63, 3.8) is 0 Å². The van der Waals surface area contributed by atoms with Crippen LogP contribution in [0.4, 0.5) is 0 Å². The molecule has 0 saturated carbocycles. The molecule has 0 spiro atoms. The third-order valence-electron chi connectivity index (χ3n) is 0.606. The van der Waals surface area contributed by atoms with Gasteiger partial charge < -0.3 is 4.42 Å². The summed E-state index contributed by atoms with van der Waals surface area (Å²) in [6, 6.07) is 4.65. The van der Waals surface area contributed by atoms with Crippen molar-refractivity contribution in [2.75, 3.05) is 0 Å². The Hall–Kier alpha value is -0.414. The summed E-state index contributed by atoms with van der Waals surface area (Å²) in [5, 5.41) is 0. The van der Waals surface area contributed by atoms with E-state index in [0.29, 0.717) is 0 Å². The van der Waals surface area contributed by atoms with Crippen molar-refractivity contribution in [1.82, 2.24) is 0 Å². The van der Waals surface area contributed by atoms with Crippen molar-refractivity contribution < 1.29 is 4.42 Å². The average Bonchev–Trinajstić information content (AvgIpc) is 1.69. The Morgan fingerprint density at radius 3 is 2.38 bits per heavy atom. The number of hydrogen-bond donors (Lipinski definition) is 0. The first-order chi connectivity index (χ1) is 3.39. The third-order valence-corrected chi connectivity index (χ3v) is 0.606. The van der Waals surface area contributed by atoms with E-state index in [4.69, 9.17) is 0 Å². The summed E-state index contributed by atoms with van der Waals surface area (Å²) in [5.41, 5.74) is -0.303. The Balaban J connectivity index is 0.000000490. The van der Waals surface area contributed by atoms with Crippen molar-refractivity contribution >= 4 is 19.8 Å². The van der Waals surface area contributed by atoms with Gasteiger partial charge in [-0.25, -0.2) is 4.79 Å². The fourth-order valence-corrected chi connectivity index (χ4v) is 0.325. The molecule has 1 heterocycles. The zero-order chi connectivity index (χ0) is 5.11. The van der Waals surface area contributed by atoms with Crippen LogP contribution in [0.25, 0.3) is 0 Å². The molecule has 0 fully saturated rings. The molecule has 0 atom stereocenters. The zero-order valence-corrected chi connectivity index (χ0v) is 6.63. The van der Waals surface area contributed by atoms with Gasteiger partial charge in [0.1, 0.15) is 0 Å². The van der Waals surface area contributed by atoms with E-state index in [0.717, 1.165) is 0 Å². The van der Waals surface area contributed by atoms with Gasteiger partial charge in [0.2, 0.25) is 0 Å². The van der Waals surface area contributed by atoms with Gasteiger partial charge in [-0.1, -0.05) is 6.07 Å². The van der Waals surface area contributed by atoms with Gasteiger partial charge in [0, 0.05) is 25.9 Å². The molecule has 0 unspecified atom stereocenters. The van der Waals surface area contributed by atoms with Crippen LogP contribution in [0.2, 0.25) is 0 Å². The molecular formula is C5H4GaO2. The van der Waals surface area contributed by atoms with Crippen LogP contribution >= 0.6 is 0 Å². The van der Waals surface area contributed by atoms with E-state index < -0.39 is 0 Å². The van der Waals surface area contributed by atoms with Crippen LogP contribution in [-0.4, -0.2) is 19.8 Å². The molecule has 0 N–H and O–H groups in total. The standard InChI is InChI=1S/C5H4O2.Ga/c6-5-3-1-2-4-7-5;/h1-4H;. The fourth-order valence-electron chi connectivity index (χ4n) is 0.325. The van der Waals surface area contributed by atoms with Crippen LogP contribution in [0, 0.1) is 0 Å². The first-order valence-corrected chi connectivity index (χ1v) is 1.93. The number of hydrogen-bond acceptors (Lipinski definition) is 2. The van der Waals surface area contributed by atoms with Crippen LogP contribution in [0.5, 0.6) is 0 Å². The van der Waals surface area contributed by atoms with Crippen LogP contribution in [-0.2, 0) is 0 Å². The molecule has 3 heteroatoms. The van der Waals surface area contributed by atoms with E-state index in [2.05, 4.69) is 4.42 Å². The Morgan fingerprint density at radius 2 is 2.12 bits per heavy atom. The van der Waals surface area contributed by atoms with E-state index in [1.165, 1.54) is 12.3 Å². The van der Waals surface area contributed by atoms with Crippen LogP contribution < -0.4 is 5.63 Å². The summed E-state index contributed by atoms with van der Waals surface area (Å²) >= 11 is 0. The fraction of sp³-hybridized carbons (Fsp3) is 0. The van der Waals surface area contributed by atoms with Crippen molar-refractivity contribution in [3.8, 4) is 0 Å². The Morgan fingerprint density at radius 1 is 1.38 bits per heavy atom. The average molecular weight is 166 g/mol. The molecule has 0 aliphatic rings. The summed E-state index contributed by atoms with van der Waals surface area (Å²) in [4.78, 5) is 10.1. The molecule has 0 bridgehead atoms. The van der Waals surface area contributed by atoms with E-state index in [1.54, 1.807) is 12.1 Å². The maximum absolute atomic E-state index is 10.1. The second-order valence-corrected chi connectivity index (χ2v) is 1.12. The topological polar surface area (TPSA) is 30.2 Å². The molecular weight excluding hydrogens is 162 g/mol. The molecule has 8 heavy (non-hydrogen) atoms. The second kappa shape index (κ2) is 3.57. The van der Waals surface area contributed by atoms with Crippen molar-refractivity contribution in [2.24, 2.45) is 0 Å². The second-order valence-electron chi connectivity index (χ2n) is 1.12.